The van der Waals surface area contributed by atoms with Crippen molar-refractivity contribution in [3.05, 3.63) is 30.3 Å². The lowest BCUT2D eigenvalue weighted by atomic mass is 9.95. The van der Waals surface area contributed by atoms with Gasteiger partial charge in [0.2, 0.25) is 5.91 Å². The Morgan fingerprint density at radius 3 is 2.39 bits per heavy atom. The minimum absolute atomic E-state index is 0.238. The first-order valence-electron chi connectivity index (χ1n) is 9.13. The van der Waals surface area contributed by atoms with Gasteiger partial charge in [0.1, 0.15) is 0 Å². The first kappa shape index (κ1) is 16.3. The quantitative estimate of drug-likeness (QED) is 0.907. The lowest BCUT2D eigenvalue weighted by Crippen LogP contribution is -2.47. The molecule has 1 aliphatic carbocycles. The zero-order chi connectivity index (χ0) is 15.9. The summed E-state index contributed by atoms with van der Waals surface area (Å²) in [5.41, 5.74) is 1.31. The zero-order valence-electron chi connectivity index (χ0n) is 14.0. The number of piperazine rings is 1. The number of para-hydroxylation sites is 1. The molecule has 1 saturated carbocycles. The highest BCUT2D eigenvalue weighted by Gasteiger charge is 2.19. The third-order valence-corrected chi connectivity index (χ3v) is 5.12. The van der Waals surface area contributed by atoms with Crippen LogP contribution in [0.5, 0.6) is 0 Å². The third kappa shape index (κ3) is 4.96. The number of nitrogens with one attached hydrogen (secondary N) is 1. The molecule has 4 nitrogen and oxygen atoms in total. The Kier molecular flexibility index (Phi) is 5.92. The fourth-order valence-electron chi connectivity index (χ4n) is 3.67. The van der Waals surface area contributed by atoms with E-state index in [2.05, 4.69) is 45.4 Å². The van der Waals surface area contributed by atoms with E-state index in [9.17, 15) is 4.79 Å². The molecule has 23 heavy (non-hydrogen) atoms. The van der Waals surface area contributed by atoms with E-state index in [1.807, 2.05) is 0 Å². The van der Waals surface area contributed by atoms with Gasteiger partial charge in [0, 0.05) is 50.9 Å². The smallest absolute Gasteiger partial charge is 0.221 e. The SMILES string of the molecule is O=C(CCN1CCN(c2ccccc2)CC1)NC1CCCCC1. The molecule has 2 aliphatic rings. The van der Waals surface area contributed by atoms with Crippen molar-refractivity contribution >= 4 is 11.6 Å². The molecule has 2 fully saturated rings. The molecule has 3 rings (SSSR count). The summed E-state index contributed by atoms with van der Waals surface area (Å²) in [6.07, 6.45) is 6.85. The second kappa shape index (κ2) is 8.34. The molecule has 0 spiro atoms. The second-order valence-electron chi connectivity index (χ2n) is 6.82. The highest BCUT2D eigenvalue weighted by molar-refractivity contribution is 5.76. The molecule has 0 radical (unpaired) electrons. The van der Waals surface area contributed by atoms with Crippen molar-refractivity contribution in [1.82, 2.24) is 10.2 Å². The summed E-state index contributed by atoms with van der Waals surface area (Å²) in [4.78, 5) is 16.9. The summed E-state index contributed by atoms with van der Waals surface area (Å²) in [5.74, 6) is 0.238. The average molecular weight is 315 g/mol. The molecule has 4 heteroatoms. The lowest BCUT2D eigenvalue weighted by Gasteiger charge is -2.36. The molecule has 1 heterocycles. The van der Waals surface area contributed by atoms with E-state index in [-0.39, 0.29) is 5.91 Å². The maximum Gasteiger partial charge on any atom is 0.221 e. The van der Waals surface area contributed by atoms with Crippen LogP contribution in [-0.2, 0) is 4.79 Å². The van der Waals surface area contributed by atoms with Crippen LogP contribution >= 0.6 is 0 Å². The van der Waals surface area contributed by atoms with Crippen LogP contribution in [-0.4, -0.2) is 49.6 Å². The number of rotatable bonds is 5. The maximum atomic E-state index is 12.1. The van der Waals surface area contributed by atoms with Crippen LogP contribution in [0.25, 0.3) is 0 Å². The minimum atomic E-state index is 0.238. The van der Waals surface area contributed by atoms with E-state index >= 15 is 0 Å². The van der Waals surface area contributed by atoms with E-state index < -0.39 is 0 Å². The molecule has 1 N–H and O–H groups in total. The van der Waals surface area contributed by atoms with Crippen molar-refractivity contribution in [3.8, 4) is 0 Å². The van der Waals surface area contributed by atoms with Crippen LogP contribution in [0.2, 0.25) is 0 Å². The molecule has 1 amide bonds. The lowest BCUT2D eigenvalue weighted by molar-refractivity contribution is -0.122. The van der Waals surface area contributed by atoms with Gasteiger partial charge in [-0.25, -0.2) is 0 Å². The summed E-state index contributed by atoms with van der Waals surface area (Å²) in [7, 11) is 0. The van der Waals surface area contributed by atoms with Gasteiger partial charge in [0.05, 0.1) is 0 Å². The van der Waals surface area contributed by atoms with Crippen LogP contribution in [0.1, 0.15) is 38.5 Å². The molecule has 126 valence electrons. The Labute approximate surface area is 139 Å². The van der Waals surface area contributed by atoms with Gasteiger partial charge < -0.3 is 10.2 Å². The molecule has 1 aliphatic heterocycles. The number of benzene rings is 1. The minimum Gasteiger partial charge on any atom is -0.369 e. The highest BCUT2D eigenvalue weighted by Crippen LogP contribution is 2.18. The van der Waals surface area contributed by atoms with Crippen LogP contribution in [0, 0.1) is 0 Å². The molecule has 0 unspecified atom stereocenters. The molecule has 1 aromatic carbocycles. The van der Waals surface area contributed by atoms with Gasteiger partial charge in [-0.2, -0.15) is 0 Å². The third-order valence-electron chi connectivity index (χ3n) is 5.12. The number of nitrogens with zero attached hydrogens (tertiary/aromatic N) is 2. The van der Waals surface area contributed by atoms with Crippen LogP contribution in [0.4, 0.5) is 5.69 Å². The molecule has 1 aromatic rings. The second-order valence-corrected chi connectivity index (χ2v) is 6.82. The van der Waals surface area contributed by atoms with Gasteiger partial charge >= 0.3 is 0 Å². The van der Waals surface area contributed by atoms with Crippen molar-refractivity contribution in [2.24, 2.45) is 0 Å². The van der Waals surface area contributed by atoms with Crippen molar-refractivity contribution in [1.29, 1.82) is 0 Å². The largest absolute Gasteiger partial charge is 0.369 e. The average Bonchev–Trinajstić information content (AvgIpc) is 2.62. The van der Waals surface area contributed by atoms with Gasteiger partial charge in [-0.15, -0.1) is 0 Å². The van der Waals surface area contributed by atoms with E-state index in [0.717, 1.165) is 32.7 Å². The number of carbonyl (C=O) groups excluding carboxylic acids is 1. The Bertz CT molecular complexity index is 477. The molecular formula is C19H29N3O. The van der Waals surface area contributed by atoms with Crippen molar-refractivity contribution in [2.75, 3.05) is 37.6 Å². The van der Waals surface area contributed by atoms with Crippen molar-refractivity contribution < 1.29 is 4.79 Å². The monoisotopic (exact) mass is 315 g/mol. The topological polar surface area (TPSA) is 35.6 Å². The van der Waals surface area contributed by atoms with Crippen LogP contribution in [0.3, 0.4) is 0 Å². The molecule has 0 atom stereocenters. The van der Waals surface area contributed by atoms with E-state index in [1.54, 1.807) is 0 Å². The number of anilines is 1. The standard InChI is InChI=1S/C19H29N3O/c23-19(20-17-7-3-1-4-8-17)11-12-21-13-15-22(16-14-21)18-9-5-2-6-10-18/h2,5-6,9-10,17H,1,3-4,7-8,11-16H2,(H,20,23). The van der Waals surface area contributed by atoms with Crippen LogP contribution < -0.4 is 10.2 Å². The van der Waals surface area contributed by atoms with Gasteiger partial charge in [0.15, 0.2) is 0 Å². The van der Waals surface area contributed by atoms with Crippen molar-refractivity contribution in [2.45, 2.75) is 44.6 Å². The summed E-state index contributed by atoms with van der Waals surface area (Å²) >= 11 is 0. The fourth-order valence-corrected chi connectivity index (χ4v) is 3.67. The highest BCUT2D eigenvalue weighted by atomic mass is 16.1. The normalized spacial score (nSPS) is 20.4. The number of hydrogen-bond acceptors (Lipinski definition) is 3. The number of carbonyl (C=O) groups is 1. The predicted octanol–water partition coefficient (Wildman–Crippen LogP) is 2.65. The molecular weight excluding hydrogens is 286 g/mol. The Morgan fingerprint density at radius 2 is 1.70 bits per heavy atom. The predicted molar refractivity (Wildman–Crippen MR) is 94.7 cm³/mol. The Hall–Kier alpha value is -1.55. The van der Waals surface area contributed by atoms with Crippen molar-refractivity contribution in [3.63, 3.8) is 0 Å². The molecule has 0 aromatic heterocycles. The van der Waals surface area contributed by atoms with E-state index in [0.29, 0.717) is 12.5 Å². The summed E-state index contributed by atoms with van der Waals surface area (Å²) in [5, 5.41) is 3.22. The Balaban J connectivity index is 1.35. The van der Waals surface area contributed by atoms with Gasteiger partial charge in [-0.1, -0.05) is 37.5 Å². The first-order valence-corrected chi connectivity index (χ1v) is 9.13. The summed E-state index contributed by atoms with van der Waals surface area (Å²) in [6, 6.07) is 11.0. The van der Waals surface area contributed by atoms with Crippen LogP contribution in [0.15, 0.2) is 30.3 Å². The summed E-state index contributed by atoms with van der Waals surface area (Å²) < 4.78 is 0. The fraction of sp³-hybridized carbons (Fsp3) is 0.632. The molecule has 0 bridgehead atoms. The first-order chi connectivity index (χ1) is 11.3. The maximum absolute atomic E-state index is 12.1. The van der Waals surface area contributed by atoms with E-state index in [4.69, 9.17) is 0 Å². The number of hydrogen-bond donors (Lipinski definition) is 1. The van der Waals surface area contributed by atoms with E-state index in [1.165, 1.54) is 37.8 Å². The van der Waals surface area contributed by atoms with Gasteiger partial charge in [0.25, 0.3) is 0 Å². The number of amides is 1. The van der Waals surface area contributed by atoms with Gasteiger partial charge in [-0.05, 0) is 25.0 Å². The van der Waals surface area contributed by atoms with Gasteiger partial charge in [-0.3, -0.25) is 9.69 Å². The summed E-state index contributed by atoms with van der Waals surface area (Å²) in [6.45, 7) is 5.08. The zero-order valence-corrected chi connectivity index (χ0v) is 14.0. The Morgan fingerprint density at radius 1 is 1.00 bits per heavy atom. The molecule has 1 saturated heterocycles.